The van der Waals surface area contributed by atoms with Gasteiger partial charge in [-0.1, -0.05) is 23.9 Å². The summed E-state index contributed by atoms with van der Waals surface area (Å²) in [4.78, 5) is 18.4. The van der Waals surface area contributed by atoms with Gasteiger partial charge in [0.2, 0.25) is 5.91 Å². The van der Waals surface area contributed by atoms with E-state index in [0.717, 1.165) is 37.0 Å². The Hall–Kier alpha value is -1.53. The van der Waals surface area contributed by atoms with Crippen LogP contribution in [0.3, 0.4) is 0 Å². The molecule has 6 heteroatoms. The van der Waals surface area contributed by atoms with Crippen molar-refractivity contribution in [1.29, 1.82) is 0 Å². The Kier molecular flexibility index (Phi) is 4.45. The van der Waals surface area contributed by atoms with Crippen LogP contribution >= 0.6 is 11.8 Å². The van der Waals surface area contributed by atoms with Crippen molar-refractivity contribution in [3.05, 3.63) is 24.3 Å². The van der Waals surface area contributed by atoms with E-state index in [-0.39, 0.29) is 5.91 Å². The third-order valence-electron chi connectivity index (χ3n) is 3.72. The van der Waals surface area contributed by atoms with Gasteiger partial charge in [0, 0.05) is 20.2 Å². The van der Waals surface area contributed by atoms with Crippen LogP contribution in [0.25, 0.3) is 11.1 Å². The van der Waals surface area contributed by atoms with Crippen LogP contribution in [0.15, 0.2) is 33.9 Å². The number of benzene rings is 1. The normalized spacial score (nSPS) is 16.5. The van der Waals surface area contributed by atoms with Gasteiger partial charge in [0.1, 0.15) is 5.52 Å². The fourth-order valence-corrected chi connectivity index (χ4v) is 3.21. The third-order valence-corrected chi connectivity index (χ3v) is 4.53. The third kappa shape index (κ3) is 3.39. The predicted molar refractivity (Wildman–Crippen MR) is 81.3 cm³/mol. The largest absolute Gasteiger partial charge is 0.431 e. The Bertz CT molecular complexity index is 587. The minimum absolute atomic E-state index is 0.136. The highest BCUT2D eigenvalue weighted by Gasteiger charge is 2.22. The number of likely N-dealkylation sites (tertiary alicyclic amines) is 1. The molecule has 1 amide bonds. The molecule has 0 bridgehead atoms. The first-order valence-corrected chi connectivity index (χ1v) is 8.04. The minimum Gasteiger partial charge on any atom is -0.431 e. The Labute approximate surface area is 127 Å². The number of thioether (sulfide) groups is 1. The van der Waals surface area contributed by atoms with Crippen molar-refractivity contribution in [2.75, 3.05) is 26.0 Å². The number of carbonyl (C=O) groups is 1. The maximum atomic E-state index is 12.2. The van der Waals surface area contributed by atoms with E-state index in [1.165, 1.54) is 11.8 Å². The standard InChI is InChI=1S/C15H18N2O3S/c1-19-11-6-8-17(9-7-11)14(18)10-21-15-16-12-4-2-3-5-13(12)20-15/h2-5,11H,6-10H2,1H3. The zero-order chi connectivity index (χ0) is 14.7. The monoisotopic (exact) mass is 306 g/mol. The second-order valence-electron chi connectivity index (χ2n) is 5.05. The number of fused-ring (bicyclic) bond motifs is 1. The van der Waals surface area contributed by atoms with Crippen molar-refractivity contribution >= 4 is 28.8 Å². The van der Waals surface area contributed by atoms with Crippen molar-refractivity contribution in [3.8, 4) is 0 Å². The summed E-state index contributed by atoms with van der Waals surface area (Å²) < 4.78 is 10.9. The highest BCUT2D eigenvalue weighted by atomic mass is 32.2. The van der Waals surface area contributed by atoms with E-state index in [4.69, 9.17) is 9.15 Å². The summed E-state index contributed by atoms with van der Waals surface area (Å²) in [5, 5.41) is 0.552. The number of nitrogens with zero attached hydrogens (tertiary/aromatic N) is 2. The summed E-state index contributed by atoms with van der Waals surface area (Å²) in [5.41, 5.74) is 1.58. The van der Waals surface area contributed by atoms with Gasteiger partial charge >= 0.3 is 0 Å². The van der Waals surface area contributed by atoms with Crippen molar-refractivity contribution in [3.63, 3.8) is 0 Å². The first-order chi connectivity index (χ1) is 10.3. The van der Waals surface area contributed by atoms with Crippen molar-refractivity contribution in [1.82, 2.24) is 9.88 Å². The van der Waals surface area contributed by atoms with Crippen LogP contribution in [0.1, 0.15) is 12.8 Å². The lowest BCUT2D eigenvalue weighted by Crippen LogP contribution is -2.41. The number of ether oxygens (including phenoxy) is 1. The average molecular weight is 306 g/mol. The number of rotatable bonds is 4. The van der Waals surface area contributed by atoms with Crippen LogP contribution in [0.2, 0.25) is 0 Å². The first kappa shape index (κ1) is 14.4. The highest BCUT2D eigenvalue weighted by Crippen LogP contribution is 2.24. The summed E-state index contributed by atoms with van der Waals surface area (Å²) in [7, 11) is 1.73. The quantitative estimate of drug-likeness (QED) is 0.813. The molecule has 0 spiro atoms. The smallest absolute Gasteiger partial charge is 0.257 e. The highest BCUT2D eigenvalue weighted by molar-refractivity contribution is 7.99. The van der Waals surface area contributed by atoms with Gasteiger partial charge in [-0.3, -0.25) is 4.79 Å². The summed E-state index contributed by atoms with van der Waals surface area (Å²) in [6.45, 7) is 1.54. The SMILES string of the molecule is COC1CCN(C(=O)CSc2nc3ccccc3o2)CC1. The van der Waals surface area contributed by atoms with Gasteiger partial charge in [0.25, 0.3) is 5.22 Å². The number of methoxy groups -OCH3 is 1. The molecule has 0 saturated carbocycles. The molecule has 0 unspecified atom stereocenters. The Morgan fingerprint density at radius 1 is 1.43 bits per heavy atom. The molecule has 5 nitrogen and oxygen atoms in total. The van der Waals surface area contributed by atoms with Gasteiger partial charge in [-0.05, 0) is 25.0 Å². The fraction of sp³-hybridized carbons (Fsp3) is 0.467. The molecular weight excluding hydrogens is 288 g/mol. The van der Waals surface area contributed by atoms with Crippen molar-refractivity contribution in [2.45, 2.75) is 24.2 Å². The summed E-state index contributed by atoms with van der Waals surface area (Å²) in [6.07, 6.45) is 2.12. The van der Waals surface area contributed by atoms with Crippen LogP contribution in [0, 0.1) is 0 Å². The second kappa shape index (κ2) is 6.49. The van der Waals surface area contributed by atoms with Gasteiger partial charge in [0.15, 0.2) is 5.58 Å². The fourth-order valence-electron chi connectivity index (χ4n) is 2.47. The molecule has 1 aromatic heterocycles. The number of piperidine rings is 1. The molecule has 1 fully saturated rings. The molecule has 21 heavy (non-hydrogen) atoms. The van der Waals surface area contributed by atoms with Crippen LogP contribution < -0.4 is 0 Å². The van der Waals surface area contributed by atoms with E-state index in [1.54, 1.807) is 7.11 Å². The number of aromatic nitrogens is 1. The number of oxazole rings is 1. The van der Waals surface area contributed by atoms with Crippen LogP contribution in [-0.4, -0.2) is 47.8 Å². The maximum Gasteiger partial charge on any atom is 0.257 e. The zero-order valence-corrected chi connectivity index (χ0v) is 12.8. The van der Waals surface area contributed by atoms with Crippen molar-refractivity contribution in [2.24, 2.45) is 0 Å². The molecule has 0 atom stereocenters. The van der Waals surface area contributed by atoms with E-state index < -0.39 is 0 Å². The van der Waals surface area contributed by atoms with Crippen molar-refractivity contribution < 1.29 is 13.9 Å². The lowest BCUT2D eigenvalue weighted by atomic mass is 10.1. The van der Waals surface area contributed by atoms with Crippen LogP contribution in [-0.2, 0) is 9.53 Å². The van der Waals surface area contributed by atoms with Crippen LogP contribution in [0.4, 0.5) is 0 Å². The molecule has 1 saturated heterocycles. The molecule has 1 aromatic carbocycles. The molecule has 0 N–H and O–H groups in total. The van der Waals surface area contributed by atoms with Gasteiger partial charge in [0.05, 0.1) is 11.9 Å². The van der Waals surface area contributed by atoms with Gasteiger partial charge in [-0.2, -0.15) is 0 Å². The molecule has 2 heterocycles. The molecular formula is C15H18N2O3S. The van der Waals surface area contributed by atoms with Crippen LogP contribution in [0.5, 0.6) is 0 Å². The number of amides is 1. The van der Waals surface area contributed by atoms with Gasteiger partial charge < -0.3 is 14.1 Å². The first-order valence-electron chi connectivity index (χ1n) is 7.05. The van der Waals surface area contributed by atoms with Gasteiger partial charge in [-0.25, -0.2) is 4.98 Å². The summed E-state index contributed by atoms with van der Waals surface area (Å²) in [6, 6.07) is 7.61. The van der Waals surface area contributed by atoms with E-state index in [1.807, 2.05) is 29.2 Å². The predicted octanol–water partition coefficient (Wildman–Crippen LogP) is 2.56. The number of hydrogen-bond donors (Lipinski definition) is 0. The number of carbonyl (C=O) groups excluding carboxylic acids is 1. The molecule has 1 aliphatic heterocycles. The Balaban J connectivity index is 1.54. The number of hydrogen-bond acceptors (Lipinski definition) is 5. The molecule has 3 rings (SSSR count). The van der Waals surface area contributed by atoms with E-state index in [9.17, 15) is 4.79 Å². The average Bonchev–Trinajstić information content (AvgIpc) is 2.95. The number of para-hydroxylation sites is 2. The summed E-state index contributed by atoms with van der Waals surface area (Å²) >= 11 is 1.35. The molecule has 0 aliphatic carbocycles. The molecule has 0 radical (unpaired) electrons. The zero-order valence-electron chi connectivity index (χ0n) is 11.9. The summed E-state index contributed by atoms with van der Waals surface area (Å²) in [5.74, 6) is 0.501. The topological polar surface area (TPSA) is 55.6 Å². The van der Waals surface area contributed by atoms with E-state index in [0.29, 0.717) is 17.1 Å². The van der Waals surface area contributed by atoms with Gasteiger partial charge in [-0.15, -0.1) is 0 Å². The minimum atomic E-state index is 0.136. The second-order valence-corrected chi connectivity index (χ2v) is 5.98. The lowest BCUT2D eigenvalue weighted by molar-refractivity contribution is -0.130. The van der Waals surface area contributed by atoms with E-state index in [2.05, 4.69) is 4.98 Å². The Morgan fingerprint density at radius 3 is 2.90 bits per heavy atom. The molecule has 1 aliphatic rings. The molecule has 112 valence electrons. The lowest BCUT2D eigenvalue weighted by Gasteiger charge is -2.31. The Morgan fingerprint density at radius 2 is 2.19 bits per heavy atom. The maximum absolute atomic E-state index is 12.2. The molecule has 2 aromatic rings. The van der Waals surface area contributed by atoms with E-state index >= 15 is 0 Å².